The van der Waals surface area contributed by atoms with Crippen molar-refractivity contribution in [3.63, 3.8) is 0 Å². The molecule has 4 aliphatic rings. The molecule has 0 radical (unpaired) electrons. The summed E-state index contributed by atoms with van der Waals surface area (Å²) in [5, 5.41) is 10.1. The van der Waals surface area contributed by atoms with Crippen molar-refractivity contribution in [2.45, 2.75) is 96.8 Å². The Balaban J connectivity index is 1.51. The molecule has 1 nitrogen and oxygen atoms in total. The summed E-state index contributed by atoms with van der Waals surface area (Å²) >= 11 is 0. The highest BCUT2D eigenvalue weighted by Gasteiger charge is 2.60. The SMILES string of the molecule is CC12CCC3C(CCC4CC(O)CCC43C)C1CCC2CCC(F)(F)F. The van der Waals surface area contributed by atoms with Crippen LogP contribution in [0.15, 0.2) is 0 Å². The lowest BCUT2D eigenvalue weighted by atomic mass is 9.44. The van der Waals surface area contributed by atoms with Gasteiger partial charge >= 0.3 is 6.18 Å². The molecule has 0 aromatic heterocycles. The molecule has 8 unspecified atom stereocenters. The normalized spacial score (nSPS) is 51.5. The van der Waals surface area contributed by atoms with Crippen molar-refractivity contribution in [3.8, 4) is 0 Å². The Bertz CT molecular complexity index is 532. The second-order valence-electron chi connectivity index (χ2n) is 10.6. The van der Waals surface area contributed by atoms with E-state index in [2.05, 4.69) is 13.8 Å². The molecule has 0 bridgehead atoms. The summed E-state index contributed by atoms with van der Waals surface area (Å²) < 4.78 is 38.3. The standard InChI is InChI=1S/C22H35F3O/c1-20-11-9-19-17(5-3-15-13-16(26)8-10-21(15,19)2)18(20)6-4-14(20)7-12-22(23,24)25/h14-19,26H,3-13H2,1-2H3. The van der Waals surface area contributed by atoms with Crippen LogP contribution in [0.25, 0.3) is 0 Å². The average molecular weight is 373 g/mol. The maximum Gasteiger partial charge on any atom is 0.389 e. The Morgan fingerprint density at radius 2 is 1.58 bits per heavy atom. The average Bonchev–Trinajstić information content (AvgIpc) is 2.89. The third kappa shape index (κ3) is 3.02. The summed E-state index contributed by atoms with van der Waals surface area (Å²) in [6.07, 6.45) is 5.56. The Labute approximate surface area is 156 Å². The van der Waals surface area contributed by atoms with Gasteiger partial charge in [0.15, 0.2) is 0 Å². The summed E-state index contributed by atoms with van der Waals surface area (Å²) in [6, 6.07) is 0. The van der Waals surface area contributed by atoms with Gasteiger partial charge in [-0.2, -0.15) is 13.2 Å². The van der Waals surface area contributed by atoms with Gasteiger partial charge in [-0.05, 0) is 105 Å². The first-order chi connectivity index (χ1) is 12.1. The van der Waals surface area contributed by atoms with Crippen molar-refractivity contribution in [2.75, 3.05) is 0 Å². The van der Waals surface area contributed by atoms with E-state index in [0.29, 0.717) is 29.6 Å². The first kappa shape index (κ1) is 19.1. The number of halogens is 3. The molecule has 1 N–H and O–H groups in total. The zero-order valence-electron chi connectivity index (χ0n) is 16.3. The van der Waals surface area contributed by atoms with Crippen LogP contribution in [-0.4, -0.2) is 17.4 Å². The monoisotopic (exact) mass is 372 g/mol. The van der Waals surface area contributed by atoms with Gasteiger partial charge in [-0.1, -0.05) is 13.8 Å². The number of aliphatic hydroxyl groups is 1. The zero-order valence-corrected chi connectivity index (χ0v) is 16.3. The summed E-state index contributed by atoms with van der Waals surface area (Å²) in [7, 11) is 0. The molecule has 0 saturated heterocycles. The molecule has 26 heavy (non-hydrogen) atoms. The molecule has 4 fully saturated rings. The fraction of sp³-hybridized carbons (Fsp3) is 1.00. The minimum atomic E-state index is -4.01. The van der Waals surface area contributed by atoms with Crippen molar-refractivity contribution in [3.05, 3.63) is 0 Å². The van der Waals surface area contributed by atoms with Crippen molar-refractivity contribution in [1.29, 1.82) is 0 Å². The highest BCUT2D eigenvalue weighted by Crippen LogP contribution is 2.68. The lowest BCUT2D eigenvalue weighted by molar-refractivity contribution is -0.146. The minimum Gasteiger partial charge on any atom is -0.393 e. The van der Waals surface area contributed by atoms with Gasteiger partial charge in [-0.25, -0.2) is 0 Å². The van der Waals surface area contributed by atoms with E-state index in [1.54, 1.807) is 0 Å². The quantitative estimate of drug-likeness (QED) is 0.599. The van der Waals surface area contributed by atoms with Gasteiger partial charge in [-0.3, -0.25) is 0 Å². The summed E-state index contributed by atoms with van der Waals surface area (Å²) in [6.45, 7) is 4.79. The van der Waals surface area contributed by atoms with E-state index < -0.39 is 12.6 Å². The van der Waals surface area contributed by atoms with Crippen LogP contribution in [0.1, 0.15) is 84.5 Å². The molecule has 0 heterocycles. The third-order valence-electron chi connectivity index (χ3n) is 9.61. The predicted molar refractivity (Wildman–Crippen MR) is 96.5 cm³/mol. The van der Waals surface area contributed by atoms with Gasteiger partial charge in [0.05, 0.1) is 6.10 Å². The lowest BCUT2D eigenvalue weighted by Gasteiger charge is -2.61. The number of alkyl halides is 3. The topological polar surface area (TPSA) is 20.2 Å². The maximum atomic E-state index is 12.8. The van der Waals surface area contributed by atoms with Gasteiger partial charge in [0.25, 0.3) is 0 Å². The van der Waals surface area contributed by atoms with Gasteiger partial charge < -0.3 is 5.11 Å². The maximum absolute atomic E-state index is 12.8. The van der Waals surface area contributed by atoms with Crippen molar-refractivity contribution in [1.82, 2.24) is 0 Å². The van der Waals surface area contributed by atoms with E-state index >= 15 is 0 Å². The second-order valence-corrected chi connectivity index (χ2v) is 10.6. The third-order valence-corrected chi connectivity index (χ3v) is 9.61. The highest BCUT2D eigenvalue weighted by molar-refractivity contribution is 5.09. The number of hydrogen-bond acceptors (Lipinski definition) is 1. The molecule has 150 valence electrons. The van der Waals surface area contributed by atoms with E-state index in [0.717, 1.165) is 44.4 Å². The first-order valence-corrected chi connectivity index (χ1v) is 10.9. The van der Waals surface area contributed by atoms with Crippen LogP contribution in [0.2, 0.25) is 0 Å². The molecule has 4 heteroatoms. The van der Waals surface area contributed by atoms with E-state index in [1.807, 2.05) is 0 Å². The first-order valence-electron chi connectivity index (χ1n) is 10.9. The number of rotatable bonds is 2. The molecule has 4 saturated carbocycles. The Kier molecular flexibility index (Phi) is 4.69. The van der Waals surface area contributed by atoms with Crippen LogP contribution < -0.4 is 0 Å². The smallest absolute Gasteiger partial charge is 0.389 e. The van der Waals surface area contributed by atoms with Crippen LogP contribution in [-0.2, 0) is 0 Å². The number of aliphatic hydroxyl groups excluding tert-OH is 1. The molecule has 8 atom stereocenters. The largest absolute Gasteiger partial charge is 0.393 e. The number of hydrogen-bond donors (Lipinski definition) is 1. The summed E-state index contributed by atoms with van der Waals surface area (Å²) in [5.41, 5.74) is 0.483. The van der Waals surface area contributed by atoms with E-state index in [1.165, 1.54) is 19.3 Å². The van der Waals surface area contributed by atoms with Gasteiger partial charge in [0.1, 0.15) is 0 Å². The second kappa shape index (κ2) is 6.39. The molecule has 4 rings (SSSR count). The summed E-state index contributed by atoms with van der Waals surface area (Å²) in [5.74, 6) is 2.98. The number of fused-ring (bicyclic) bond motifs is 5. The minimum absolute atomic E-state index is 0.114. The van der Waals surface area contributed by atoms with Crippen LogP contribution in [0.3, 0.4) is 0 Å². The zero-order chi connectivity index (χ0) is 18.7. The Hall–Kier alpha value is -0.250. The fourth-order valence-corrected chi connectivity index (χ4v) is 8.16. The van der Waals surface area contributed by atoms with E-state index in [9.17, 15) is 18.3 Å². The fourth-order valence-electron chi connectivity index (χ4n) is 8.16. The van der Waals surface area contributed by atoms with E-state index in [4.69, 9.17) is 0 Å². The highest BCUT2D eigenvalue weighted by atomic mass is 19.4. The molecular weight excluding hydrogens is 337 g/mol. The van der Waals surface area contributed by atoms with Gasteiger partial charge in [-0.15, -0.1) is 0 Å². The van der Waals surface area contributed by atoms with Crippen LogP contribution in [0.5, 0.6) is 0 Å². The van der Waals surface area contributed by atoms with Gasteiger partial charge in [0, 0.05) is 6.42 Å². The summed E-state index contributed by atoms with van der Waals surface area (Å²) in [4.78, 5) is 0. The molecule has 0 aromatic rings. The molecule has 0 amide bonds. The predicted octanol–water partition coefficient (Wildman–Crippen LogP) is 6.35. The molecule has 0 aliphatic heterocycles. The van der Waals surface area contributed by atoms with E-state index in [-0.39, 0.29) is 17.4 Å². The molecule has 0 aromatic carbocycles. The lowest BCUT2D eigenvalue weighted by Crippen LogP contribution is -2.53. The molecule has 0 spiro atoms. The Morgan fingerprint density at radius 3 is 2.31 bits per heavy atom. The van der Waals surface area contributed by atoms with Crippen LogP contribution in [0, 0.1) is 40.4 Å². The van der Waals surface area contributed by atoms with Crippen LogP contribution >= 0.6 is 0 Å². The van der Waals surface area contributed by atoms with Gasteiger partial charge in [0.2, 0.25) is 0 Å². The van der Waals surface area contributed by atoms with Crippen molar-refractivity contribution >= 4 is 0 Å². The van der Waals surface area contributed by atoms with Crippen molar-refractivity contribution < 1.29 is 18.3 Å². The molecule has 4 aliphatic carbocycles. The van der Waals surface area contributed by atoms with Crippen molar-refractivity contribution in [2.24, 2.45) is 40.4 Å². The molecular formula is C22H35F3O. The van der Waals surface area contributed by atoms with Crippen LogP contribution in [0.4, 0.5) is 13.2 Å². The Morgan fingerprint density at radius 1 is 0.885 bits per heavy atom.